The standard InChI is InChI=1S/C19H22N4S/c1-22(12-15-5-4-9-20-11-15)13-16-8-10-23(14-16)19-21-17-6-2-3-7-18(17)24-19/h2-7,9,11,16H,8,10,12-14H2,1H3. The van der Waals surface area contributed by atoms with E-state index in [4.69, 9.17) is 4.98 Å². The van der Waals surface area contributed by atoms with E-state index in [2.05, 4.69) is 52.2 Å². The SMILES string of the molecule is CN(Cc1cccnc1)CC1CCN(c2nc3ccccc3s2)C1. The minimum Gasteiger partial charge on any atom is -0.348 e. The molecule has 1 aliphatic heterocycles. The van der Waals surface area contributed by atoms with Gasteiger partial charge in [0.25, 0.3) is 0 Å². The highest BCUT2D eigenvalue weighted by molar-refractivity contribution is 7.22. The Morgan fingerprint density at radius 1 is 1.25 bits per heavy atom. The third-order valence-corrected chi connectivity index (χ3v) is 5.68. The Morgan fingerprint density at radius 3 is 3.00 bits per heavy atom. The molecule has 0 aliphatic carbocycles. The number of nitrogens with zero attached hydrogens (tertiary/aromatic N) is 4. The maximum Gasteiger partial charge on any atom is 0.186 e. The molecule has 1 saturated heterocycles. The Kier molecular flexibility index (Phi) is 4.45. The number of rotatable bonds is 5. The summed E-state index contributed by atoms with van der Waals surface area (Å²) in [6.45, 7) is 4.31. The maximum atomic E-state index is 4.80. The molecule has 3 heterocycles. The zero-order chi connectivity index (χ0) is 16.4. The summed E-state index contributed by atoms with van der Waals surface area (Å²) < 4.78 is 1.28. The van der Waals surface area contributed by atoms with Gasteiger partial charge in [0, 0.05) is 38.6 Å². The van der Waals surface area contributed by atoms with Gasteiger partial charge in [0.2, 0.25) is 0 Å². The summed E-state index contributed by atoms with van der Waals surface area (Å²) in [5.74, 6) is 0.707. The van der Waals surface area contributed by atoms with Gasteiger partial charge in [-0.1, -0.05) is 29.5 Å². The van der Waals surface area contributed by atoms with Gasteiger partial charge in [-0.3, -0.25) is 4.98 Å². The first-order valence-electron chi connectivity index (χ1n) is 8.46. The Morgan fingerprint density at radius 2 is 2.17 bits per heavy atom. The van der Waals surface area contributed by atoms with E-state index in [1.165, 1.54) is 21.8 Å². The van der Waals surface area contributed by atoms with Crippen LogP contribution in [-0.2, 0) is 6.54 Å². The number of hydrogen-bond donors (Lipinski definition) is 0. The highest BCUT2D eigenvalue weighted by Gasteiger charge is 2.25. The van der Waals surface area contributed by atoms with Crippen LogP contribution in [0.15, 0.2) is 48.8 Å². The van der Waals surface area contributed by atoms with Crippen molar-refractivity contribution < 1.29 is 0 Å². The average Bonchev–Trinajstić information content (AvgIpc) is 3.22. The van der Waals surface area contributed by atoms with Crippen LogP contribution in [-0.4, -0.2) is 41.5 Å². The van der Waals surface area contributed by atoms with Gasteiger partial charge in [-0.2, -0.15) is 0 Å². The lowest BCUT2D eigenvalue weighted by Crippen LogP contribution is -2.28. The van der Waals surface area contributed by atoms with Crippen LogP contribution in [0.25, 0.3) is 10.2 Å². The number of hydrogen-bond acceptors (Lipinski definition) is 5. The van der Waals surface area contributed by atoms with E-state index in [9.17, 15) is 0 Å². The number of anilines is 1. The Balaban J connectivity index is 1.36. The van der Waals surface area contributed by atoms with Crippen molar-refractivity contribution in [3.05, 3.63) is 54.4 Å². The number of para-hydroxylation sites is 1. The Labute approximate surface area is 146 Å². The molecule has 1 unspecified atom stereocenters. The van der Waals surface area contributed by atoms with Crippen LogP contribution in [0.4, 0.5) is 5.13 Å². The number of benzene rings is 1. The number of fused-ring (bicyclic) bond motifs is 1. The fourth-order valence-corrected chi connectivity index (χ4v) is 4.46. The molecule has 3 aromatic rings. The van der Waals surface area contributed by atoms with Crippen LogP contribution in [0.1, 0.15) is 12.0 Å². The van der Waals surface area contributed by atoms with Gasteiger partial charge >= 0.3 is 0 Å². The summed E-state index contributed by atoms with van der Waals surface area (Å²) in [5, 5.41) is 1.17. The molecule has 0 N–H and O–H groups in total. The second-order valence-corrected chi connectivity index (χ2v) is 7.63. The zero-order valence-corrected chi connectivity index (χ0v) is 14.7. The molecule has 0 spiro atoms. The largest absolute Gasteiger partial charge is 0.348 e. The number of thiazole rings is 1. The van der Waals surface area contributed by atoms with Gasteiger partial charge in [-0.15, -0.1) is 0 Å². The fourth-order valence-electron chi connectivity index (χ4n) is 3.46. The van der Waals surface area contributed by atoms with Crippen LogP contribution in [0.2, 0.25) is 0 Å². The molecule has 4 nitrogen and oxygen atoms in total. The molecule has 1 atom stereocenters. The third-order valence-electron chi connectivity index (χ3n) is 4.58. The minimum absolute atomic E-state index is 0.707. The van der Waals surface area contributed by atoms with Crippen molar-refractivity contribution in [2.24, 2.45) is 5.92 Å². The van der Waals surface area contributed by atoms with Crippen molar-refractivity contribution in [2.75, 3.05) is 31.6 Å². The normalized spacial score (nSPS) is 17.9. The van der Waals surface area contributed by atoms with E-state index in [1.807, 2.05) is 29.8 Å². The first-order chi connectivity index (χ1) is 11.8. The van der Waals surface area contributed by atoms with Crippen LogP contribution in [0.5, 0.6) is 0 Å². The van der Waals surface area contributed by atoms with Crippen LogP contribution in [0.3, 0.4) is 0 Å². The third kappa shape index (κ3) is 3.42. The topological polar surface area (TPSA) is 32.3 Å². The van der Waals surface area contributed by atoms with Gasteiger partial charge in [-0.05, 0) is 43.1 Å². The predicted molar refractivity (Wildman–Crippen MR) is 101 cm³/mol. The van der Waals surface area contributed by atoms with Crippen molar-refractivity contribution >= 4 is 26.7 Å². The van der Waals surface area contributed by atoms with Gasteiger partial charge in [-0.25, -0.2) is 4.98 Å². The van der Waals surface area contributed by atoms with Crippen LogP contribution in [0, 0.1) is 5.92 Å². The Bertz CT molecular complexity index is 768. The van der Waals surface area contributed by atoms with Gasteiger partial charge in [0.15, 0.2) is 5.13 Å². The second-order valence-electron chi connectivity index (χ2n) is 6.62. The molecule has 1 fully saturated rings. The number of pyridine rings is 1. The van der Waals surface area contributed by atoms with E-state index in [0.29, 0.717) is 5.92 Å². The van der Waals surface area contributed by atoms with Gasteiger partial charge in [0.1, 0.15) is 0 Å². The lowest BCUT2D eigenvalue weighted by Gasteiger charge is -2.21. The summed E-state index contributed by atoms with van der Waals surface area (Å²) >= 11 is 1.81. The zero-order valence-electron chi connectivity index (χ0n) is 13.9. The van der Waals surface area contributed by atoms with Crippen molar-refractivity contribution in [3.8, 4) is 0 Å². The molecule has 5 heteroatoms. The first kappa shape index (κ1) is 15.5. The lowest BCUT2D eigenvalue weighted by molar-refractivity contribution is 0.279. The summed E-state index contributed by atoms with van der Waals surface area (Å²) in [6.07, 6.45) is 5.03. The summed E-state index contributed by atoms with van der Waals surface area (Å²) in [4.78, 5) is 13.9. The summed E-state index contributed by atoms with van der Waals surface area (Å²) in [6, 6.07) is 12.6. The van der Waals surface area contributed by atoms with Crippen molar-refractivity contribution in [2.45, 2.75) is 13.0 Å². The van der Waals surface area contributed by atoms with E-state index >= 15 is 0 Å². The highest BCUT2D eigenvalue weighted by Crippen LogP contribution is 2.32. The van der Waals surface area contributed by atoms with Crippen molar-refractivity contribution in [1.82, 2.24) is 14.9 Å². The fraction of sp³-hybridized carbons (Fsp3) is 0.368. The number of aromatic nitrogens is 2. The molecule has 0 amide bonds. The molecule has 124 valence electrons. The first-order valence-corrected chi connectivity index (χ1v) is 9.27. The van der Waals surface area contributed by atoms with Gasteiger partial charge in [0.05, 0.1) is 10.2 Å². The molecule has 4 rings (SSSR count). The van der Waals surface area contributed by atoms with Crippen LogP contribution < -0.4 is 4.90 Å². The Hall–Kier alpha value is -1.98. The molecule has 0 radical (unpaired) electrons. The second kappa shape index (κ2) is 6.87. The summed E-state index contributed by atoms with van der Waals surface area (Å²) in [7, 11) is 2.20. The highest BCUT2D eigenvalue weighted by atomic mass is 32.1. The van der Waals surface area contributed by atoms with E-state index in [1.54, 1.807) is 0 Å². The molecule has 1 aromatic carbocycles. The maximum absolute atomic E-state index is 4.80. The molecular formula is C19H22N4S. The van der Waals surface area contributed by atoms with Crippen molar-refractivity contribution in [1.29, 1.82) is 0 Å². The minimum atomic E-state index is 0.707. The molecular weight excluding hydrogens is 316 g/mol. The summed E-state index contributed by atoms with van der Waals surface area (Å²) in [5.41, 5.74) is 2.40. The van der Waals surface area contributed by atoms with Crippen LogP contribution >= 0.6 is 11.3 Å². The smallest absolute Gasteiger partial charge is 0.186 e. The predicted octanol–water partition coefficient (Wildman–Crippen LogP) is 3.65. The van der Waals surface area contributed by atoms with Crippen molar-refractivity contribution in [3.63, 3.8) is 0 Å². The molecule has 24 heavy (non-hydrogen) atoms. The quantitative estimate of drug-likeness (QED) is 0.711. The van der Waals surface area contributed by atoms with E-state index < -0.39 is 0 Å². The van der Waals surface area contributed by atoms with E-state index in [0.717, 1.165) is 31.7 Å². The molecule has 1 aliphatic rings. The van der Waals surface area contributed by atoms with E-state index in [-0.39, 0.29) is 0 Å². The van der Waals surface area contributed by atoms with Gasteiger partial charge < -0.3 is 9.80 Å². The monoisotopic (exact) mass is 338 g/mol. The average molecular weight is 338 g/mol. The molecule has 2 aromatic heterocycles. The molecule has 0 saturated carbocycles. The molecule has 0 bridgehead atoms. The lowest BCUT2D eigenvalue weighted by atomic mass is 10.1.